The van der Waals surface area contributed by atoms with Crippen LogP contribution in [0.4, 0.5) is 5.69 Å². The lowest BCUT2D eigenvalue weighted by Crippen LogP contribution is -2.47. The molecule has 0 bridgehead atoms. The van der Waals surface area contributed by atoms with E-state index >= 15 is 0 Å². The number of anilines is 1. The Balaban J connectivity index is 1.06. The molecule has 0 spiro atoms. The molecular weight excluding hydrogens is 565 g/mol. The van der Waals surface area contributed by atoms with Crippen LogP contribution in [0.5, 0.6) is 5.75 Å². The van der Waals surface area contributed by atoms with Gasteiger partial charge < -0.3 is 9.64 Å². The molecule has 0 atom stereocenters. The van der Waals surface area contributed by atoms with E-state index in [1.165, 1.54) is 23.8 Å². The van der Waals surface area contributed by atoms with Gasteiger partial charge in [0.05, 0.1) is 27.7 Å². The molecule has 3 aromatic carbocycles. The average molecular weight is 603 g/mol. The van der Waals surface area contributed by atoms with E-state index in [9.17, 15) is 8.42 Å². The van der Waals surface area contributed by atoms with Gasteiger partial charge in [0.1, 0.15) is 5.75 Å². The molecule has 0 aromatic heterocycles. The van der Waals surface area contributed by atoms with Crippen molar-refractivity contribution in [2.45, 2.75) is 43.0 Å². The Morgan fingerprint density at radius 3 is 2.25 bits per heavy atom. The van der Waals surface area contributed by atoms with E-state index in [1.54, 1.807) is 7.11 Å². The van der Waals surface area contributed by atoms with Crippen LogP contribution >= 0.6 is 23.2 Å². The van der Waals surface area contributed by atoms with Crippen molar-refractivity contribution in [1.29, 1.82) is 0 Å². The van der Waals surface area contributed by atoms with Gasteiger partial charge in [0, 0.05) is 32.2 Å². The summed E-state index contributed by atoms with van der Waals surface area (Å²) in [5.74, 6) is 1.55. The van der Waals surface area contributed by atoms with Crippen molar-refractivity contribution in [3.05, 3.63) is 76.8 Å². The smallest absolute Gasteiger partial charge is 0.240 e. The molecule has 5 rings (SSSR count). The van der Waals surface area contributed by atoms with Crippen molar-refractivity contribution in [3.8, 4) is 16.9 Å². The topological polar surface area (TPSA) is 61.9 Å². The zero-order chi connectivity index (χ0) is 28.1. The van der Waals surface area contributed by atoms with Gasteiger partial charge in [-0.3, -0.25) is 4.90 Å². The van der Waals surface area contributed by atoms with Gasteiger partial charge in [0.2, 0.25) is 10.0 Å². The summed E-state index contributed by atoms with van der Waals surface area (Å²) >= 11 is 12.0. The molecule has 0 radical (unpaired) electrons. The highest BCUT2D eigenvalue weighted by molar-refractivity contribution is 7.89. The normalized spacial score (nSPS) is 20.4. The lowest BCUT2D eigenvalue weighted by molar-refractivity contribution is 0.214. The number of halogens is 2. The van der Waals surface area contributed by atoms with E-state index in [2.05, 4.69) is 57.0 Å². The maximum Gasteiger partial charge on any atom is 0.240 e. The number of sulfonamides is 1. The molecule has 1 N–H and O–H groups in total. The average Bonchev–Trinajstić information content (AvgIpc) is 2.98. The summed E-state index contributed by atoms with van der Waals surface area (Å²) in [6, 6.07) is 21.3. The van der Waals surface area contributed by atoms with E-state index in [4.69, 9.17) is 27.9 Å². The fourth-order valence-corrected chi connectivity index (χ4v) is 7.52. The molecule has 1 saturated carbocycles. The van der Waals surface area contributed by atoms with Crippen molar-refractivity contribution in [1.82, 2.24) is 9.62 Å². The third-order valence-electron chi connectivity index (χ3n) is 8.22. The highest BCUT2D eigenvalue weighted by Gasteiger charge is 2.27. The zero-order valence-corrected chi connectivity index (χ0v) is 25.2. The standard InChI is InChI=1S/C31H37Cl2N3O3S/c1-39-31-21-25(24-5-3-2-4-6-24)9-14-30(31)36-19-17-35(18-20-36)16-15-23-7-10-26(11-8-23)34-40(37,38)27-12-13-28(32)29(33)22-27/h2-6,9,12-14,21-23,26,34H,7-8,10-11,15-20H2,1H3. The Morgan fingerprint density at radius 1 is 0.850 bits per heavy atom. The van der Waals surface area contributed by atoms with Crippen molar-refractivity contribution in [2.75, 3.05) is 44.7 Å². The summed E-state index contributed by atoms with van der Waals surface area (Å²) in [6.45, 7) is 5.10. The summed E-state index contributed by atoms with van der Waals surface area (Å²) < 4.78 is 34.2. The van der Waals surface area contributed by atoms with Gasteiger partial charge in [-0.25, -0.2) is 13.1 Å². The number of nitrogens with zero attached hydrogens (tertiary/aromatic N) is 2. The Bertz CT molecular complexity index is 1390. The lowest BCUT2D eigenvalue weighted by atomic mass is 9.84. The molecule has 40 heavy (non-hydrogen) atoms. The molecular formula is C31H37Cl2N3O3S. The predicted molar refractivity (Wildman–Crippen MR) is 164 cm³/mol. The highest BCUT2D eigenvalue weighted by Crippen LogP contribution is 2.34. The molecule has 1 aliphatic carbocycles. The summed E-state index contributed by atoms with van der Waals surface area (Å²) in [4.78, 5) is 5.14. The Kier molecular flexibility index (Phi) is 9.59. The van der Waals surface area contributed by atoms with Crippen LogP contribution < -0.4 is 14.4 Å². The minimum Gasteiger partial charge on any atom is -0.495 e. The van der Waals surface area contributed by atoms with Gasteiger partial charge in [0.15, 0.2) is 0 Å². The fourth-order valence-electron chi connectivity index (χ4n) is 5.83. The number of nitrogens with one attached hydrogen (secondary N) is 1. The van der Waals surface area contributed by atoms with E-state index in [0.717, 1.165) is 81.8 Å². The van der Waals surface area contributed by atoms with Gasteiger partial charge >= 0.3 is 0 Å². The van der Waals surface area contributed by atoms with Crippen molar-refractivity contribution in [2.24, 2.45) is 5.92 Å². The number of benzene rings is 3. The Labute approximate surface area is 248 Å². The Morgan fingerprint density at radius 2 is 1.57 bits per heavy atom. The van der Waals surface area contributed by atoms with Crippen LogP contribution in [0.1, 0.15) is 32.1 Å². The SMILES string of the molecule is COc1cc(-c2ccccc2)ccc1N1CCN(CCC2CCC(NS(=O)(=O)c3ccc(Cl)c(Cl)c3)CC2)CC1. The van der Waals surface area contributed by atoms with Crippen molar-refractivity contribution >= 4 is 38.9 Å². The molecule has 2 aliphatic rings. The van der Waals surface area contributed by atoms with Crippen LogP contribution in [0, 0.1) is 5.92 Å². The van der Waals surface area contributed by atoms with Crippen LogP contribution in [-0.4, -0.2) is 59.2 Å². The second-order valence-corrected chi connectivity index (χ2v) is 13.3. The fraction of sp³-hybridized carbons (Fsp3) is 0.419. The molecule has 1 aliphatic heterocycles. The number of rotatable bonds is 9. The minimum absolute atomic E-state index is 0.0393. The lowest BCUT2D eigenvalue weighted by Gasteiger charge is -2.37. The number of ether oxygens (including phenoxy) is 1. The first-order valence-corrected chi connectivity index (χ1v) is 16.2. The predicted octanol–water partition coefficient (Wildman–Crippen LogP) is 6.72. The van der Waals surface area contributed by atoms with Gasteiger partial charge in [-0.05, 0) is 86.0 Å². The van der Waals surface area contributed by atoms with Gasteiger partial charge in [-0.2, -0.15) is 0 Å². The molecule has 3 aromatic rings. The van der Waals surface area contributed by atoms with Crippen molar-refractivity contribution < 1.29 is 13.2 Å². The second-order valence-electron chi connectivity index (χ2n) is 10.8. The van der Waals surface area contributed by atoms with E-state index in [-0.39, 0.29) is 16.0 Å². The first kappa shape index (κ1) is 29.2. The van der Waals surface area contributed by atoms with Gasteiger partial charge in [0.25, 0.3) is 0 Å². The maximum atomic E-state index is 12.8. The molecule has 1 heterocycles. The van der Waals surface area contributed by atoms with E-state index in [1.807, 2.05) is 6.07 Å². The first-order chi connectivity index (χ1) is 19.3. The first-order valence-electron chi connectivity index (χ1n) is 14.0. The third kappa shape index (κ3) is 7.12. The van der Waals surface area contributed by atoms with Crippen LogP contribution in [0.25, 0.3) is 11.1 Å². The minimum atomic E-state index is -3.61. The molecule has 214 valence electrons. The molecule has 1 saturated heterocycles. The summed E-state index contributed by atoms with van der Waals surface area (Å²) in [5, 5.41) is 0.592. The van der Waals surface area contributed by atoms with Gasteiger partial charge in [-0.15, -0.1) is 0 Å². The highest BCUT2D eigenvalue weighted by atomic mass is 35.5. The Hall–Kier alpha value is -2.29. The van der Waals surface area contributed by atoms with Crippen LogP contribution in [0.2, 0.25) is 10.0 Å². The zero-order valence-electron chi connectivity index (χ0n) is 22.9. The van der Waals surface area contributed by atoms with Gasteiger partial charge in [-0.1, -0.05) is 59.6 Å². The number of piperazine rings is 1. The molecule has 0 amide bonds. The van der Waals surface area contributed by atoms with E-state index in [0.29, 0.717) is 10.9 Å². The maximum absolute atomic E-state index is 12.8. The summed E-state index contributed by atoms with van der Waals surface area (Å²) in [5.41, 5.74) is 3.51. The monoisotopic (exact) mass is 601 g/mol. The largest absolute Gasteiger partial charge is 0.495 e. The quantitative estimate of drug-likeness (QED) is 0.295. The molecule has 2 fully saturated rings. The summed E-state index contributed by atoms with van der Waals surface area (Å²) in [6.07, 6.45) is 4.95. The number of methoxy groups -OCH3 is 1. The number of hydrogen-bond acceptors (Lipinski definition) is 5. The molecule has 6 nitrogen and oxygen atoms in total. The third-order valence-corrected chi connectivity index (χ3v) is 10.5. The van der Waals surface area contributed by atoms with Crippen LogP contribution in [-0.2, 0) is 10.0 Å². The molecule has 9 heteroatoms. The number of hydrogen-bond donors (Lipinski definition) is 1. The van der Waals surface area contributed by atoms with E-state index < -0.39 is 10.0 Å². The summed E-state index contributed by atoms with van der Waals surface area (Å²) in [7, 11) is -1.86. The second kappa shape index (κ2) is 13.1. The van der Waals surface area contributed by atoms with Crippen molar-refractivity contribution in [3.63, 3.8) is 0 Å². The molecule has 0 unspecified atom stereocenters. The van der Waals surface area contributed by atoms with Crippen LogP contribution in [0.3, 0.4) is 0 Å². The van der Waals surface area contributed by atoms with Crippen LogP contribution in [0.15, 0.2) is 71.6 Å².